The van der Waals surface area contributed by atoms with E-state index >= 15 is 0 Å². The quantitative estimate of drug-likeness (QED) is 0.474. The predicted octanol–water partition coefficient (Wildman–Crippen LogP) is 4.10. The molecule has 0 unspecified atom stereocenters. The zero-order valence-electron chi connectivity index (χ0n) is 10.1. The maximum atomic E-state index is 10.9. The van der Waals surface area contributed by atoms with Crippen molar-refractivity contribution in [1.29, 1.82) is 0 Å². The molecule has 0 aliphatic carbocycles. The molecule has 17 heavy (non-hydrogen) atoms. The number of nitro groups is 1. The van der Waals surface area contributed by atoms with Crippen LogP contribution in [0.15, 0.2) is 18.2 Å². The molecule has 0 bridgehead atoms. The Morgan fingerprint density at radius 2 is 2.18 bits per heavy atom. The van der Waals surface area contributed by atoms with Crippen molar-refractivity contribution in [2.24, 2.45) is 5.92 Å². The van der Waals surface area contributed by atoms with Crippen molar-refractivity contribution in [1.82, 2.24) is 0 Å². The number of anilines is 1. The van der Waals surface area contributed by atoms with Crippen molar-refractivity contribution in [3.8, 4) is 0 Å². The molecule has 0 aliphatic heterocycles. The van der Waals surface area contributed by atoms with E-state index in [2.05, 4.69) is 19.2 Å². The van der Waals surface area contributed by atoms with E-state index in [9.17, 15) is 10.1 Å². The number of nitrogens with one attached hydrogen (secondary N) is 1. The van der Waals surface area contributed by atoms with E-state index in [0.717, 1.165) is 19.4 Å². The van der Waals surface area contributed by atoms with Gasteiger partial charge >= 0.3 is 5.69 Å². The molecule has 1 aromatic rings. The van der Waals surface area contributed by atoms with Crippen molar-refractivity contribution in [2.75, 3.05) is 11.9 Å². The average Bonchev–Trinajstić information content (AvgIpc) is 2.23. The Bertz CT molecular complexity index is 394. The van der Waals surface area contributed by atoms with Crippen LogP contribution in [0.4, 0.5) is 11.4 Å². The standard InChI is InChI=1S/C12H17ClN2O2/c1-9(2)5-4-8-14-11-7-3-6-10(13)12(11)15(16)17/h3,6-7,9,14H,4-5,8H2,1-2H3. The van der Waals surface area contributed by atoms with Gasteiger partial charge in [-0.15, -0.1) is 0 Å². The van der Waals surface area contributed by atoms with Gasteiger partial charge in [-0.05, 0) is 30.9 Å². The van der Waals surface area contributed by atoms with Crippen LogP contribution in [-0.4, -0.2) is 11.5 Å². The fourth-order valence-electron chi connectivity index (χ4n) is 1.58. The molecule has 94 valence electrons. The highest BCUT2D eigenvalue weighted by molar-refractivity contribution is 6.33. The van der Waals surface area contributed by atoms with Crippen LogP contribution in [0.5, 0.6) is 0 Å². The van der Waals surface area contributed by atoms with Gasteiger partial charge in [0.1, 0.15) is 10.7 Å². The van der Waals surface area contributed by atoms with Gasteiger partial charge in [-0.3, -0.25) is 10.1 Å². The van der Waals surface area contributed by atoms with Crippen molar-refractivity contribution in [3.63, 3.8) is 0 Å². The highest BCUT2D eigenvalue weighted by Gasteiger charge is 2.17. The predicted molar refractivity (Wildman–Crippen MR) is 70.7 cm³/mol. The van der Waals surface area contributed by atoms with E-state index in [1.807, 2.05) is 0 Å². The lowest BCUT2D eigenvalue weighted by Crippen LogP contribution is -2.05. The number of rotatable bonds is 6. The fraction of sp³-hybridized carbons (Fsp3) is 0.500. The second-order valence-corrected chi connectivity index (χ2v) is 4.76. The summed E-state index contributed by atoms with van der Waals surface area (Å²) >= 11 is 5.81. The van der Waals surface area contributed by atoms with Crippen molar-refractivity contribution in [2.45, 2.75) is 26.7 Å². The van der Waals surface area contributed by atoms with E-state index in [4.69, 9.17) is 11.6 Å². The van der Waals surface area contributed by atoms with Crippen molar-refractivity contribution >= 4 is 23.0 Å². The summed E-state index contributed by atoms with van der Waals surface area (Å²) in [5.74, 6) is 0.645. The molecule has 5 heteroatoms. The molecule has 0 radical (unpaired) electrons. The molecule has 0 saturated carbocycles. The zero-order valence-corrected chi connectivity index (χ0v) is 10.8. The Morgan fingerprint density at radius 3 is 2.76 bits per heavy atom. The minimum Gasteiger partial charge on any atom is -0.379 e. The number of benzene rings is 1. The van der Waals surface area contributed by atoms with E-state index in [1.165, 1.54) is 6.07 Å². The smallest absolute Gasteiger partial charge is 0.310 e. The molecule has 1 rings (SSSR count). The summed E-state index contributed by atoms with van der Waals surface area (Å²) in [4.78, 5) is 10.4. The SMILES string of the molecule is CC(C)CCCNc1cccc(Cl)c1[N+](=O)[O-]. The first-order valence-electron chi connectivity index (χ1n) is 5.69. The third-order valence-corrected chi connectivity index (χ3v) is 2.75. The monoisotopic (exact) mass is 256 g/mol. The number of nitrogens with zero attached hydrogens (tertiary/aromatic N) is 1. The van der Waals surface area contributed by atoms with Gasteiger partial charge in [-0.1, -0.05) is 31.5 Å². The third kappa shape index (κ3) is 4.23. The second-order valence-electron chi connectivity index (χ2n) is 4.36. The normalized spacial score (nSPS) is 10.6. The lowest BCUT2D eigenvalue weighted by molar-refractivity contribution is -0.383. The number of para-hydroxylation sites is 1. The number of hydrogen-bond acceptors (Lipinski definition) is 3. The van der Waals surface area contributed by atoms with E-state index in [1.54, 1.807) is 12.1 Å². The van der Waals surface area contributed by atoms with E-state index in [-0.39, 0.29) is 10.7 Å². The van der Waals surface area contributed by atoms with Gasteiger partial charge < -0.3 is 5.32 Å². The summed E-state index contributed by atoms with van der Waals surface area (Å²) in [5, 5.41) is 14.1. The molecule has 0 atom stereocenters. The highest BCUT2D eigenvalue weighted by Crippen LogP contribution is 2.32. The minimum atomic E-state index is -0.451. The van der Waals surface area contributed by atoms with Gasteiger partial charge in [0.25, 0.3) is 0 Å². The van der Waals surface area contributed by atoms with Crippen LogP contribution in [0.3, 0.4) is 0 Å². The summed E-state index contributed by atoms with van der Waals surface area (Å²) in [6.45, 7) is 5.03. The zero-order chi connectivity index (χ0) is 12.8. The lowest BCUT2D eigenvalue weighted by atomic mass is 10.1. The van der Waals surface area contributed by atoms with Crippen LogP contribution in [0.1, 0.15) is 26.7 Å². The molecule has 1 aromatic carbocycles. The average molecular weight is 257 g/mol. The van der Waals surface area contributed by atoms with Gasteiger partial charge in [-0.2, -0.15) is 0 Å². The topological polar surface area (TPSA) is 55.2 Å². The molecule has 0 aromatic heterocycles. The van der Waals surface area contributed by atoms with Gasteiger partial charge in [-0.25, -0.2) is 0 Å². The van der Waals surface area contributed by atoms with Crippen LogP contribution in [-0.2, 0) is 0 Å². The number of halogens is 1. The maximum Gasteiger partial charge on any atom is 0.310 e. The molecule has 4 nitrogen and oxygen atoms in total. The molecular formula is C12H17ClN2O2. The summed E-state index contributed by atoms with van der Waals surface area (Å²) < 4.78 is 0. The summed E-state index contributed by atoms with van der Waals surface area (Å²) in [7, 11) is 0. The first kappa shape index (κ1) is 13.8. The molecule has 0 saturated heterocycles. The molecule has 0 spiro atoms. The Kier molecular flexibility index (Phi) is 5.22. The largest absolute Gasteiger partial charge is 0.379 e. The third-order valence-electron chi connectivity index (χ3n) is 2.44. The van der Waals surface area contributed by atoms with Gasteiger partial charge in [0.15, 0.2) is 0 Å². The van der Waals surface area contributed by atoms with Crippen LogP contribution in [0, 0.1) is 16.0 Å². The number of hydrogen-bond donors (Lipinski definition) is 1. The summed E-state index contributed by atoms with van der Waals surface area (Å²) in [6, 6.07) is 4.92. The lowest BCUT2D eigenvalue weighted by Gasteiger charge is -2.08. The Balaban J connectivity index is 2.64. The van der Waals surface area contributed by atoms with Gasteiger partial charge in [0.2, 0.25) is 0 Å². The van der Waals surface area contributed by atoms with Crippen molar-refractivity contribution < 1.29 is 4.92 Å². The second kappa shape index (κ2) is 6.45. The Hall–Kier alpha value is -1.29. The Morgan fingerprint density at radius 1 is 1.47 bits per heavy atom. The van der Waals surface area contributed by atoms with Crippen LogP contribution >= 0.6 is 11.6 Å². The summed E-state index contributed by atoms with van der Waals surface area (Å²) in [6.07, 6.45) is 2.09. The molecular weight excluding hydrogens is 240 g/mol. The highest BCUT2D eigenvalue weighted by atomic mass is 35.5. The minimum absolute atomic E-state index is 0.0429. The van der Waals surface area contributed by atoms with Gasteiger partial charge in [0, 0.05) is 6.54 Å². The number of nitro benzene ring substituents is 1. The molecule has 0 aliphatic rings. The van der Waals surface area contributed by atoms with E-state index in [0.29, 0.717) is 11.6 Å². The fourth-order valence-corrected chi connectivity index (χ4v) is 1.82. The van der Waals surface area contributed by atoms with E-state index < -0.39 is 4.92 Å². The van der Waals surface area contributed by atoms with Crippen LogP contribution in [0.25, 0.3) is 0 Å². The van der Waals surface area contributed by atoms with Crippen LogP contribution < -0.4 is 5.32 Å². The molecule has 0 fully saturated rings. The first-order chi connectivity index (χ1) is 8.02. The maximum absolute atomic E-state index is 10.9. The van der Waals surface area contributed by atoms with Crippen molar-refractivity contribution in [3.05, 3.63) is 33.3 Å². The molecule has 0 amide bonds. The molecule has 1 N–H and O–H groups in total. The Labute approximate surface area is 106 Å². The van der Waals surface area contributed by atoms with Crippen LogP contribution in [0.2, 0.25) is 5.02 Å². The summed E-state index contributed by atoms with van der Waals surface area (Å²) in [5.41, 5.74) is 0.449. The molecule has 0 heterocycles. The van der Waals surface area contributed by atoms with Gasteiger partial charge in [0.05, 0.1) is 4.92 Å². The first-order valence-corrected chi connectivity index (χ1v) is 6.07.